The van der Waals surface area contributed by atoms with Gasteiger partial charge >= 0.3 is 0 Å². The third-order valence-electron chi connectivity index (χ3n) is 5.25. The Morgan fingerprint density at radius 1 is 1.10 bits per heavy atom. The van der Waals surface area contributed by atoms with Crippen LogP contribution in [-0.4, -0.2) is 38.8 Å². The minimum atomic E-state index is -3.66. The van der Waals surface area contributed by atoms with E-state index in [0.29, 0.717) is 25.1 Å². The van der Waals surface area contributed by atoms with E-state index in [1.807, 2.05) is 39.0 Å². The molecule has 156 valence electrons. The second-order valence-electron chi connectivity index (χ2n) is 7.70. The van der Waals surface area contributed by atoms with Gasteiger partial charge < -0.3 is 10.1 Å². The van der Waals surface area contributed by atoms with E-state index in [0.717, 1.165) is 22.4 Å². The molecule has 0 aromatic heterocycles. The number of carbonyl (C=O) groups excluding carboxylic acids is 1. The van der Waals surface area contributed by atoms with Crippen molar-refractivity contribution in [2.24, 2.45) is 5.92 Å². The molecule has 1 amide bonds. The van der Waals surface area contributed by atoms with Crippen molar-refractivity contribution in [1.82, 2.24) is 4.31 Å². The monoisotopic (exact) mass is 416 g/mol. The normalized spacial score (nSPS) is 17.7. The minimum absolute atomic E-state index is 0.138. The van der Waals surface area contributed by atoms with Crippen molar-refractivity contribution < 1.29 is 17.9 Å². The molecule has 1 fully saturated rings. The fourth-order valence-corrected chi connectivity index (χ4v) is 5.44. The summed E-state index contributed by atoms with van der Waals surface area (Å²) >= 11 is 0. The fraction of sp³-hybridized carbons (Fsp3) is 0.409. The highest BCUT2D eigenvalue weighted by molar-refractivity contribution is 7.89. The van der Waals surface area contributed by atoms with Crippen LogP contribution in [0.1, 0.15) is 29.5 Å². The van der Waals surface area contributed by atoms with Gasteiger partial charge in [0.15, 0.2) is 0 Å². The smallest absolute Gasteiger partial charge is 0.243 e. The zero-order valence-electron chi connectivity index (χ0n) is 17.4. The summed E-state index contributed by atoms with van der Waals surface area (Å²) in [5.74, 6) is 0.132. The zero-order valence-corrected chi connectivity index (χ0v) is 18.2. The molecule has 1 atom stereocenters. The molecule has 0 aliphatic carbocycles. The number of nitrogens with one attached hydrogen (secondary N) is 1. The molecule has 2 aromatic carbocycles. The lowest BCUT2D eigenvalue weighted by atomic mass is 9.98. The molecule has 1 unspecified atom stereocenters. The number of methoxy groups -OCH3 is 1. The van der Waals surface area contributed by atoms with Gasteiger partial charge in [-0.3, -0.25) is 4.79 Å². The van der Waals surface area contributed by atoms with E-state index < -0.39 is 10.0 Å². The first-order chi connectivity index (χ1) is 13.7. The molecular weight excluding hydrogens is 388 g/mol. The maximum Gasteiger partial charge on any atom is 0.243 e. The van der Waals surface area contributed by atoms with Crippen molar-refractivity contribution in [1.29, 1.82) is 0 Å². The number of nitrogens with zero attached hydrogens (tertiary/aromatic N) is 1. The average molecular weight is 417 g/mol. The maximum atomic E-state index is 13.1. The summed E-state index contributed by atoms with van der Waals surface area (Å²) in [4.78, 5) is 13.0. The van der Waals surface area contributed by atoms with E-state index in [4.69, 9.17) is 4.74 Å². The summed E-state index contributed by atoms with van der Waals surface area (Å²) in [5.41, 5.74) is 3.65. The molecule has 1 heterocycles. The quantitative estimate of drug-likeness (QED) is 0.807. The number of hydrogen-bond acceptors (Lipinski definition) is 4. The average Bonchev–Trinajstić information content (AvgIpc) is 2.67. The molecular formula is C22H28N2O4S. The van der Waals surface area contributed by atoms with Gasteiger partial charge in [0.1, 0.15) is 5.75 Å². The molecule has 3 rings (SSSR count). The van der Waals surface area contributed by atoms with Crippen LogP contribution in [0.5, 0.6) is 5.75 Å². The molecule has 0 bridgehead atoms. The van der Waals surface area contributed by atoms with E-state index >= 15 is 0 Å². The van der Waals surface area contributed by atoms with Gasteiger partial charge in [0.2, 0.25) is 15.9 Å². The molecule has 2 aromatic rings. The van der Waals surface area contributed by atoms with Crippen molar-refractivity contribution >= 4 is 21.6 Å². The van der Waals surface area contributed by atoms with Crippen LogP contribution in [0.15, 0.2) is 41.3 Å². The zero-order chi connectivity index (χ0) is 21.2. The Hall–Kier alpha value is -2.38. The molecule has 7 heteroatoms. The third kappa shape index (κ3) is 4.79. The lowest BCUT2D eigenvalue weighted by Crippen LogP contribution is -2.43. The molecule has 1 saturated heterocycles. The van der Waals surface area contributed by atoms with Gasteiger partial charge in [-0.2, -0.15) is 4.31 Å². The second kappa shape index (κ2) is 8.55. The number of aryl methyl sites for hydroxylation is 3. The number of carbonyl (C=O) groups is 1. The first kappa shape index (κ1) is 21.3. The Morgan fingerprint density at radius 2 is 1.79 bits per heavy atom. The van der Waals surface area contributed by atoms with Crippen LogP contribution in [0, 0.1) is 26.7 Å². The predicted octanol–water partition coefficient (Wildman–Crippen LogP) is 3.66. The molecule has 0 radical (unpaired) electrons. The highest BCUT2D eigenvalue weighted by Crippen LogP contribution is 2.28. The van der Waals surface area contributed by atoms with Crippen molar-refractivity contribution in [3.8, 4) is 5.75 Å². The van der Waals surface area contributed by atoms with Crippen LogP contribution in [0.4, 0.5) is 5.69 Å². The Balaban J connectivity index is 1.75. The summed E-state index contributed by atoms with van der Waals surface area (Å²) in [7, 11) is -2.11. The minimum Gasteiger partial charge on any atom is -0.496 e. The standard InChI is InChI=1S/C22H28N2O4S/c1-15-10-16(2)12-19(11-15)23-22(25)18-6-5-9-24(14-18)29(26,27)20-7-8-21(28-4)17(3)13-20/h7-8,10-13,18H,5-6,9,14H2,1-4H3,(H,23,25). The lowest BCUT2D eigenvalue weighted by molar-refractivity contribution is -0.120. The van der Waals surface area contributed by atoms with Gasteiger partial charge in [0, 0.05) is 18.8 Å². The maximum absolute atomic E-state index is 13.1. The summed E-state index contributed by atoms with van der Waals surface area (Å²) in [6.07, 6.45) is 1.32. The van der Waals surface area contributed by atoms with E-state index in [9.17, 15) is 13.2 Å². The third-order valence-corrected chi connectivity index (χ3v) is 7.11. The number of amides is 1. The molecule has 1 N–H and O–H groups in total. The van der Waals surface area contributed by atoms with Crippen LogP contribution in [0.25, 0.3) is 0 Å². The Bertz CT molecular complexity index is 997. The van der Waals surface area contributed by atoms with E-state index in [-0.39, 0.29) is 23.3 Å². The number of rotatable bonds is 5. The number of hydrogen-bond donors (Lipinski definition) is 1. The summed E-state index contributed by atoms with van der Waals surface area (Å²) in [5, 5.41) is 2.95. The van der Waals surface area contributed by atoms with E-state index in [2.05, 4.69) is 5.32 Å². The van der Waals surface area contributed by atoms with Crippen LogP contribution < -0.4 is 10.1 Å². The molecule has 6 nitrogen and oxygen atoms in total. The Kier molecular flexibility index (Phi) is 6.29. The van der Waals surface area contributed by atoms with Crippen LogP contribution in [0.2, 0.25) is 0 Å². The van der Waals surface area contributed by atoms with E-state index in [1.54, 1.807) is 25.3 Å². The number of benzene rings is 2. The van der Waals surface area contributed by atoms with Gasteiger partial charge in [-0.25, -0.2) is 8.42 Å². The number of piperidine rings is 1. The predicted molar refractivity (Wildman–Crippen MR) is 114 cm³/mol. The number of anilines is 1. The van der Waals surface area contributed by atoms with Crippen LogP contribution in [0.3, 0.4) is 0 Å². The first-order valence-electron chi connectivity index (χ1n) is 9.74. The van der Waals surface area contributed by atoms with Crippen molar-refractivity contribution in [2.75, 3.05) is 25.5 Å². The van der Waals surface area contributed by atoms with Gasteiger partial charge in [-0.15, -0.1) is 0 Å². The Labute approximate surface area is 172 Å². The number of sulfonamides is 1. The first-order valence-corrected chi connectivity index (χ1v) is 11.2. The van der Waals surface area contributed by atoms with Gasteiger partial charge in [0.25, 0.3) is 0 Å². The van der Waals surface area contributed by atoms with Crippen LogP contribution in [-0.2, 0) is 14.8 Å². The molecule has 29 heavy (non-hydrogen) atoms. The lowest BCUT2D eigenvalue weighted by Gasteiger charge is -2.31. The van der Waals surface area contributed by atoms with Crippen LogP contribution >= 0.6 is 0 Å². The summed E-state index contributed by atoms with van der Waals surface area (Å²) in [6, 6.07) is 10.7. The number of ether oxygens (including phenoxy) is 1. The highest BCUT2D eigenvalue weighted by Gasteiger charge is 2.33. The van der Waals surface area contributed by atoms with Gasteiger partial charge in [0.05, 0.1) is 17.9 Å². The molecule has 0 spiro atoms. The van der Waals surface area contributed by atoms with E-state index in [1.165, 1.54) is 4.31 Å². The SMILES string of the molecule is COc1ccc(S(=O)(=O)N2CCCC(C(=O)Nc3cc(C)cc(C)c3)C2)cc1C. The largest absolute Gasteiger partial charge is 0.496 e. The van der Waals surface area contributed by atoms with Gasteiger partial charge in [-0.1, -0.05) is 6.07 Å². The topological polar surface area (TPSA) is 75.7 Å². The highest BCUT2D eigenvalue weighted by atomic mass is 32.2. The fourth-order valence-electron chi connectivity index (χ4n) is 3.83. The summed E-state index contributed by atoms with van der Waals surface area (Å²) < 4.78 is 32.9. The van der Waals surface area contributed by atoms with Gasteiger partial charge in [-0.05, 0) is 80.6 Å². The molecule has 1 aliphatic rings. The summed E-state index contributed by atoms with van der Waals surface area (Å²) in [6.45, 7) is 6.38. The molecule has 1 aliphatic heterocycles. The molecule has 0 saturated carbocycles. The second-order valence-corrected chi connectivity index (χ2v) is 9.64. The van der Waals surface area contributed by atoms with Crippen molar-refractivity contribution in [2.45, 2.75) is 38.5 Å². The Morgan fingerprint density at radius 3 is 2.41 bits per heavy atom. The van der Waals surface area contributed by atoms with Crippen molar-refractivity contribution in [3.05, 3.63) is 53.1 Å². The van der Waals surface area contributed by atoms with Crippen molar-refractivity contribution in [3.63, 3.8) is 0 Å².